The first-order chi connectivity index (χ1) is 12.8. The van der Waals surface area contributed by atoms with Gasteiger partial charge in [0.05, 0.1) is 6.04 Å². The summed E-state index contributed by atoms with van der Waals surface area (Å²) in [6, 6.07) is 7.31. The van der Waals surface area contributed by atoms with Crippen LogP contribution < -0.4 is 16.4 Å². The number of carbonyl (C=O) groups is 1. The van der Waals surface area contributed by atoms with E-state index in [9.17, 15) is 4.79 Å². The van der Waals surface area contributed by atoms with Gasteiger partial charge in [-0.05, 0) is 57.9 Å². The Balaban J connectivity index is 1.95. The SMILES string of the molecule is CC(C)(C)OC(=O)N1CCC[C@@H](N=C(N)c2ccc(OCCON)cc2)C1. The van der Waals surface area contributed by atoms with Gasteiger partial charge in [0.25, 0.3) is 0 Å². The second kappa shape index (κ2) is 9.57. The van der Waals surface area contributed by atoms with Crippen LogP contribution in [0.25, 0.3) is 0 Å². The molecule has 27 heavy (non-hydrogen) atoms. The zero-order valence-electron chi connectivity index (χ0n) is 16.3. The summed E-state index contributed by atoms with van der Waals surface area (Å²) in [5.74, 6) is 6.11. The molecule has 0 aliphatic carbocycles. The van der Waals surface area contributed by atoms with E-state index in [0.717, 1.165) is 18.4 Å². The summed E-state index contributed by atoms with van der Waals surface area (Å²) in [6.45, 7) is 7.47. The number of rotatable bonds is 6. The van der Waals surface area contributed by atoms with Crippen LogP contribution in [-0.2, 0) is 9.57 Å². The molecule has 8 heteroatoms. The Morgan fingerprint density at radius 1 is 1.26 bits per heavy atom. The van der Waals surface area contributed by atoms with E-state index in [-0.39, 0.29) is 12.1 Å². The van der Waals surface area contributed by atoms with E-state index >= 15 is 0 Å². The molecule has 8 nitrogen and oxygen atoms in total. The number of amides is 1. The zero-order valence-corrected chi connectivity index (χ0v) is 16.3. The summed E-state index contributed by atoms with van der Waals surface area (Å²) in [5, 5.41) is 0. The number of carbonyl (C=O) groups excluding carboxylic acids is 1. The van der Waals surface area contributed by atoms with E-state index in [1.807, 2.05) is 45.0 Å². The third-order valence-electron chi connectivity index (χ3n) is 3.99. The third kappa shape index (κ3) is 7.07. The van der Waals surface area contributed by atoms with Crippen LogP contribution in [0.1, 0.15) is 39.2 Å². The van der Waals surface area contributed by atoms with Gasteiger partial charge in [-0.2, -0.15) is 0 Å². The number of likely N-dealkylation sites (tertiary alicyclic amines) is 1. The topological polar surface area (TPSA) is 112 Å². The molecule has 1 aliphatic rings. The number of hydrogen-bond acceptors (Lipinski definition) is 6. The van der Waals surface area contributed by atoms with E-state index in [4.69, 9.17) is 21.1 Å². The molecular weight excluding hydrogens is 348 g/mol. The molecule has 0 spiro atoms. The molecule has 0 saturated carbocycles. The average Bonchev–Trinajstić information content (AvgIpc) is 2.61. The van der Waals surface area contributed by atoms with Crippen molar-refractivity contribution in [3.63, 3.8) is 0 Å². The highest BCUT2D eigenvalue weighted by molar-refractivity contribution is 5.97. The van der Waals surface area contributed by atoms with Gasteiger partial charge in [-0.15, -0.1) is 0 Å². The number of hydrogen-bond donors (Lipinski definition) is 2. The van der Waals surface area contributed by atoms with Crippen LogP contribution in [0.2, 0.25) is 0 Å². The molecule has 150 valence electrons. The highest BCUT2D eigenvalue weighted by atomic mass is 16.6. The van der Waals surface area contributed by atoms with Gasteiger partial charge in [-0.3, -0.25) is 4.99 Å². The fourth-order valence-electron chi connectivity index (χ4n) is 2.75. The molecule has 1 atom stereocenters. The van der Waals surface area contributed by atoms with Crippen molar-refractivity contribution in [2.75, 3.05) is 26.3 Å². The van der Waals surface area contributed by atoms with Crippen molar-refractivity contribution >= 4 is 11.9 Å². The molecule has 1 heterocycles. The van der Waals surface area contributed by atoms with Crippen molar-refractivity contribution in [1.29, 1.82) is 0 Å². The lowest BCUT2D eigenvalue weighted by Gasteiger charge is -2.32. The number of amidine groups is 1. The third-order valence-corrected chi connectivity index (χ3v) is 3.99. The largest absolute Gasteiger partial charge is 0.491 e. The van der Waals surface area contributed by atoms with E-state index in [1.54, 1.807) is 4.90 Å². The number of nitrogens with two attached hydrogens (primary N) is 2. The Kier molecular flexibility index (Phi) is 7.44. The van der Waals surface area contributed by atoms with E-state index < -0.39 is 5.60 Å². The molecule has 2 rings (SSSR count). The van der Waals surface area contributed by atoms with Gasteiger partial charge in [0.2, 0.25) is 0 Å². The molecule has 0 unspecified atom stereocenters. The van der Waals surface area contributed by atoms with E-state index in [2.05, 4.69) is 9.83 Å². The minimum absolute atomic E-state index is 0.0381. The molecule has 0 bridgehead atoms. The molecule has 1 fully saturated rings. The minimum atomic E-state index is -0.508. The van der Waals surface area contributed by atoms with Crippen LogP contribution in [0.4, 0.5) is 4.79 Å². The average molecular weight is 378 g/mol. The van der Waals surface area contributed by atoms with Crippen LogP contribution in [0.15, 0.2) is 29.3 Å². The minimum Gasteiger partial charge on any atom is -0.491 e. The lowest BCUT2D eigenvalue weighted by atomic mass is 10.1. The quantitative estimate of drug-likeness (QED) is 0.339. The maximum atomic E-state index is 12.3. The Hall–Kier alpha value is -2.32. The molecule has 1 aliphatic heterocycles. The summed E-state index contributed by atoms with van der Waals surface area (Å²) in [7, 11) is 0. The Morgan fingerprint density at radius 2 is 1.96 bits per heavy atom. The fourth-order valence-corrected chi connectivity index (χ4v) is 2.75. The Labute approximate surface area is 160 Å². The van der Waals surface area contributed by atoms with Crippen LogP contribution in [0.3, 0.4) is 0 Å². The van der Waals surface area contributed by atoms with Crippen LogP contribution in [0.5, 0.6) is 5.75 Å². The summed E-state index contributed by atoms with van der Waals surface area (Å²) in [4.78, 5) is 23.0. The first-order valence-electron chi connectivity index (χ1n) is 9.14. The van der Waals surface area contributed by atoms with Crippen LogP contribution in [0, 0.1) is 0 Å². The van der Waals surface area contributed by atoms with Crippen molar-refractivity contribution in [1.82, 2.24) is 4.90 Å². The van der Waals surface area contributed by atoms with Gasteiger partial charge < -0.3 is 24.9 Å². The number of nitrogens with zero attached hydrogens (tertiary/aromatic N) is 2. The van der Waals surface area contributed by atoms with Gasteiger partial charge in [-0.25, -0.2) is 10.7 Å². The highest BCUT2D eigenvalue weighted by Gasteiger charge is 2.27. The van der Waals surface area contributed by atoms with E-state index in [1.165, 1.54) is 0 Å². The molecule has 0 radical (unpaired) electrons. The molecule has 4 N–H and O–H groups in total. The molecule has 1 amide bonds. The lowest BCUT2D eigenvalue weighted by molar-refractivity contribution is 0.0201. The summed E-state index contributed by atoms with van der Waals surface area (Å²) in [6.07, 6.45) is 1.46. The fraction of sp³-hybridized carbons (Fsp3) is 0.579. The Morgan fingerprint density at radius 3 is 2.59 bits per heavy atom. The maximum Gasteiger partial charge on any atom is 0.410 e. The second-order valence-corrected chi connectivity index (χ2v) is 7.48. The van der Waals surface area contributed by atoms with Gasteiger partial charge in [0.1, 0.15) is 30.4 Å². The molecular formula is C19H30N4O4. The van der Waals surface area contributed by atoms with Gasteiger partial charge >= 0.3 is 6.09 Å². The van der Waals surface area contributed by atoms with Crippen LogP contribution in [-0.4, -0.2) is 54.8 Å². The standard InChI is InChI=1S/C19H30N4O4/c1-19(2,3)27-18(24)23-10-4-5-15(13-23)22-17(20)14-6-8-16(9-7-14)25-11-12-26-21/h6-9,15H,4-5,10-13,21H2,1-3H3,(H2,20,22)/t15-/m1/s1. The van der Waals surface area contributed by atoms with Crippen molar-refractivity contribution in [2.24, 2.45) is 16.6 Å². The predicted octanol–water partition coefficient (Wildman–Crippen LogP) is 2.06. The molecule has 1 saturated heterocycles. The number of aliphatic imine (C=N–C) groups is 1. The van der Waals surface area contributed by atoms with Crippen molar-refractivity contribution < 1.29 is 19.1 Å². The molecule has 1 aromatic rings. The van der Waals surface area contributed by atoms with Gasteiger partial charge in [-0.1, -0.05) is 0 Å². The van der Waals surface area contributed by atoms with E-state index in [0.29, 0.717) is 37.9 Å². The van der Waals surface area contributed by atoms with Crippen molar-refractivity contribution in [3.8, 4) is 5.75 Å². The van der Waals surface area contributed by atoms with Crippen molar-refractivity contribution in [2.45, 2.75) is 45.3 Å². The number of ether oxygens (including phenoxy) is 2. The Bertz CT molecular complexity index is 640. The maximum absolute atomic E-state index is 12.3. The highest BCUT2D eigenvalue weighted by Crippen LogP contribution is 2.18. The molecule has 0 aromatic heterocycles. The van der Waals surface area contributed by atoms with Crippen molar-refractivity contribution in [3.05, 3.63) is 29.8 Å². The predicted molar refractivity (Wildman–Crippen MR) is 104 cm³/mol. The first kappa shape index (κ1) is 21.0. The first-order valence-corrected chi connectivity index (χ1v) is 9.14. The second-order valence-electron chi connectivity index (χ2n) is 7.48. The normalized spacial score (nSPS) is 18.3. The number of piperidine rings is 1. The zero-order chi connectivity index (χ0) is 19.9. The molecule has 1 aromatic carbocycles. The summed E-state index contributed by atoms with van der Waals surface area (Å²) >= 11 is 0. The monoisotopic (exact) mass is 378 g/mol. The lowest BCUT2D eigenvalue weighted by Crippen LogP contribution is -2.44. The smallest absolute Gasteiger partial charge is 0.410 e. The summed E-state index contributed by atoms with van der Waals surface area (Å²) < 4.78 is 10.9. The van der Waals surface area contributed by atoms with Gasteiger partial charge in [0, 0.05) is 18.7 Å². The van der Waals surface area contributed by atoms with Crippen LogP contribution >= 0.6 is 0 Å². The number of benzene rings is 1. The summed E-state index contributed by atoms with van der Waals surface area (Å²) in [5.41, 5.74) is 6.46. The van der Waals surface area contributed by atoms with Gasteiger partial charge in [0.15, 0.2) is 0 Å².